The van der Waals surface area contributed by atoms with Gasteiger partial charge in [-0.25, -0.2) is 0 Å². The Balaban J connectivity index is 1.34. The molecule has 0 bridgehead atoms. The van der Waals surface area contributed by atoms with Crippen LogP contribution >= 0.6 is 0 Å². The third-order valence-electron chi connectivity index (χ3n) is 9.02. The quantitative estimate of drug-likeness (QED) is 0.247. The van der Waals surface area contributed by atoms with Crippen molar-refractivity contribution in [1.82, 2.24) is 4.57 Å². The van der Waals surface area contributed by atoms with Crippen molar-refractivity contribution in [1.29, 1.82) is 0 Å². The van der Waals surface area contributed by atoms with Gasteiger partial charge in [0.1, 0.15) is 0 Å². The van der Waals surface area contributed by atoms with Gasteiger partial charge in [0.05, 0.1) is 29.1 Å². The molecule has 0 aliphatic carbocycles. The molecule has 0 unspecified atom stereocenters. The molecule has 1 aliphatic heterocycles. The van der Waals surface area contributed by atoms with Gasteiger partial charge in [-0.1, -0.05) is 98.8 Å². The van der Waals surface area contributed by atoms with E-state index in [0.717, 1.165) is 0 Å². The topological polar surface area (TPSA) is 34.2 Å². The lowest BCUT2D eigenvalue weighted by molar-refractivity contribution is 0.632. The Morgan fingerprint density at radius 3 is 2.15 bits per heavy atom. The summed E-state index contributed by atoms with van der Waals surface area (Å²) in [5, 5.41) is 5.04. The van der Waals surface area contributed by atoms with Crippen molar-refractivity contribution in [3.8, 4) is 11.1 Å². The maximum atomic E-state index is 6.36. The van der Waals surface area contributed by atoms with Crippen molar-refractivity contribution in [3.63, 3.8) is 0 Å². The van der Waals surface area contributed by atoms with Gasteiger partial charge in [-0.05, 0) is 75.5 Å². The number of para-hydroxylation sites is 2. The van der Waals surface area contributed by atoms with Gasteiger partial charge in [-0.2, -0.15) is 0 Å². The number of nitrogens with zero attached hydrogens (tertiary/aromatic N) is 2. The average Bonchev–Trinajstić information content (AvgIpc) is 3.35. The number of benzene rings is 6. The van der Waals surface area contributed by atoms with Gasteiger partial charge in [-0.15, -0.1) is 0 Å². The maximum Gasteiger partial charge on any atom is 0.0707 e. The maximum absolute atomic E-state index is 6.36. The van der Waals surface area contributed by atoms with Gasteiger partial charge in [0.15, 0.2) is 0 Å². The molecule has 8 rings (SSSR count). The zero-order chi connectivity index (χ0) is 27.7. The summed E-state index contributed by atoms with van der Waals surface area (Å²) in [6.45, 7) is 5.12. The Bertz CT molecular complexity index is 2120. The van der Waals surface area contributed by atoms with E-state index in [-0.39, 0.29) is 5.41 Å². The Labute approximate surface area is 240 Å². The van der Waals surface area contributed by atoms with Crippen LogP contribution in [-0.4, -0.2) is 4.57 Å². The molecular formula is C38H31N3. The number of anilines is 3. The molecule has 6 aromatic carbocycles. The zero-order valence-corrected chi connectivity index (χ0v) is 23.3. The zero-order valence-electron chi connectivity index (χ0n) is 23.3. The SMILES string of the molecule is CC1(C)c2ccccc2N(c2ccccc2)c2ccc(-c3ccc4c5c6ccccc6ccc5n(CN)c4c3)cc21. The standard InChI is InChI=1S/C38H31N3/c1-38(2)31-14-8-9-15-33(31)41(28-11-4-3-5-12-28)34-20-18-26(22-32(34)38)27-16-19-30-36(23-27)40(24-39)35-21-17-25-10-6-7-13-29(25)37(30)35/h3-23H,24,39H2,1-2H3. The minimum absolute atomic E-state index is 0.150. The van der Waals surface area contributed by atoms with Crippen LogP contribution in [0.5, 0.6) is 0 Å². The Morgan fingerprint density at radius 2 is 1.29 bits per heavy atom. The number of hydrogen-bond acceptors (Lipinski definition) is 2. The highest BCUT2D eigenvalue weighted by Gasteiger charge is 2.36. The highest BCUT2D eigenvalue weighted by Crippen LogP contribution is 2.52. The molecule has 2 N–H and O–H groups in total. The summed E-state index contributed by atoms with van der Waals surface area (Å²) in [7, 11) is 0. The molecule has 41 heavy (non-hydrogen) atoms. The minimum Gasteiger partial charge on any atom is -0.327 e. The smallest absolute Gasteiger partial charge is 0.0707 e. The number of rotatable bonds is 3. The van der Waals surface area contributed by atoms with Gasteiger partial charge in [0.25, 0.3) is 0 Å². The highest BCUT2D eigenvalue weighted by atomic mass is 15.2. The molecule has 1 aromatic heterocycles. The van der Waals surface area contributed by atoms with Crippen molar-refractivity contribution in [2.45, 2.75) is 25.9 Å². The molecule has 0 spiro atoms. The van der Waals surface area contributed by atoms with Crippen molar-refractivity contribution in [3.05, 3.63) is 139 Å². The minimum atomic E-state index is -0.150. The van der Waals surface area contributed by atoms with Crippen LogP contribution in [0.1, 0.15) is 25.0 Å². The molecule has 3 nitrogen and oxygen atoms in total. The molecule has 0 atom stereocenters. The van der Waals surface area contributed by atoms with Gasteiger partial charge in [0, 0.05) is 21.9 Å². The van der Waals surface area contributed by atoms with Crippen molar-refractivity contribution in [2.24, 2.45) is 5.73 Å². The summed E-state index contributed by atoms with van der Waals surface area (Å²) in [5.74, 6) is 0. The van der Waals surface area contributed by atoms with Crippen molar-refractivity contribution in [2.75, 3.05) is 4.90 Å². The second-order valence-corrected chi connectivity index (χ2v) is 11.6. The third-order valence-corrected chi connectivity index (χ3v) is 9.02. The van der Waals surface area contributed by atoms with Crippen LogP contribution in [0.2, 0.25) is 0 Å². The molecule has 0 radical (unpaired) electrons. The Morgan fingerprint density at radius 1 is 0.585 bits per heavy atom. The molecule has 0 saturated carbocycles. The fourth-order valence-corrected chi connectivity index (χ4v) is 6.98. The summed E-state index contributed by atoms with van der Waals surface area (Å²) in [6.07, 6.45) is 0. The van der Waals surface area contributed by atoms with Crippen LogP contribution in [0.15, 0.2) is 127 Å². The summed E-state index contributed by atoms with van der Waals surface area (Å²) in [6, 6.07) is 46.3. The lowest BCUT2D eigenvalue weighted by Crippen LogP contribution is -2.30. The largest absolute Gasteiger partial charge is 0.327 e. The van der Waals surface area contributed by atoms with E-state index in [4.69, 9.17) is 5.73 Å². The number of nitrogens with two attached hydrogens (primary N) is 1. The van der Waals surface area contributed by atoms with E-state index in [2.05, 4.69) is 151 Å². The summed E-state index contributed by atoms with van der Waals surface area (Å²) < 4.78 is 2.25. The van der Waals surface area contributed by atoms with Gasteiger partial charge < -0.3 is 15.2 Å². The first-order chi connectivity index (χ1) is 20.1. The molecule has 3 heteroatoms. The fourth-order valence-electron chi connectivity index (χ4n) is 6.98. The summed E-state index contributed by atoms with van der Waals surface area (Å²) >= 11 is 0. The van der Waals surface area contributed by atoms with Gasteiger partial charge in [0.2, 0.25) is 0 Å². The number of fused-ring (bicyclic) bond motifs is 7. The summed E-state index contributed by atoms with van der Waals surface area (Å²) in [5.41, 5.74) is 17.3. The van der Waals surface area contributed by atoms with Crippen LogP contribution in [0.3, 0.4) is 0 Å². The summed E-state index contributed by atoms with van der Waals surface area (Å²) in [4.78, 5) is 2.40. The van der Waals surface area contributed by atoms with Gasteiger partial charge >= 0.3 is 0 Å². The molecule has 0 amide bonds. The molecule has 2 heterocycles. The van der Waals surface area contributed by atoms with Crippen LogP contribution in [0, 0.1) is 0 Å². The third kappa shape index (κ3) is 3.43. The normalized spacial score (nSPS) is 14.0. The van der Waals surface area contributed by atoms with Crippen molar-refractivity contribution < 1.29 is 0 Å². The second kappa shape index (κ2) is 8.82. The van der Waals surface area contributed by atoms with Gasteiger partial charge in [-0.3, -0.25) is 0 Å². The number of hydrogen-bond donors (Lipinski definition) is 1. The fraction of sp³-hybridized carbons (Fsp3) is 0.105. The van der Waals surface area contributed by atoms with E-state index >= 15 is 0 Å². The predicted molar refractivity (Wildman–Crippen MR) is 173 cm³/mol. The van der Waals surface area contributed by atoms with E-state index in [1.807, 2.05) is 0 Å². The lowest BCUT2D eigenvalue weighted by Gasteiger charge is -2.42. The highest BCUT2D eigenvalue weighted by molar-refractivity contribution is 6.21. The van der Waals surface area contributed by atoms with E-state index in [1.54, 1.807) is 0 Å². The Hall–Kier alpha value is -4.86. The first-order valence-electron chi connectivity index (χ1n) is 14.3. The van der Waals surface area contributed by atoms with E-state index in [0.29, 0.717) is 6.67 Å². The molecule has 0 fully saturated rings. The molecule has 198 valence electrons. The van der Waals surface area contributed by atoms with Crippen LogP contribution in [-0.2, 0) is 12.1 Å². The van der Waals surface area contributed by atoms with E-state index < -0.39 is 0 Å². The predicted octanol–water partition coefficient (Wildman–Crippen LogP) is 9.64. The van der Waals surface area contributed by atoms with Crippen LogP contribution in [0.25, 0.3) is 43.7 Å². The second-order valence-electron chi connectivity index (χ2n) is 11.6. The van der Waals surface area contributed by atoms with Crippen molar-refractivity contribution >= 4 is 49.6 Å². The van der Waals surface area contributed by atoms with Crippen LogP contribution < -0.4 is 10.6 Å². The molecule has 0 saturated heterocycles. The molecule has 7 aromatic rings. The molecular weight excluding hydrogens is 498 g/mol. The lowest BCUT2D eigenvalue weighted by atomic mass is 9.73. The monoisotopic (exact) mass is 529 g/mol. The van der Waals surface area contributed by atoms with E-state index in [1.165, 1.54) is 71.9 Å². The molecule has 1 aliphatic rings. The van der Waals surface area contributed by atoms with E-state index in [9.17, 15) is 0 Å². The van der Waals surface area contributed by atoms with Crippen LogP contribution in [0.4, 0.5) is 17.1 Å². The average molecular weight is 530 g/mol. The Kier molecular flexibility index (Phi) is 5.16. The first-order valence-corrected chi connectivity index (χ1v) is 14.3. The first kappa shape index (κ1) is 24.0. The number of aromatic nitrogens is 1.